The van der Waals surface area contributed by atoms with Crippen molar-refractivity contribution in [1.82, 2.24) is 5.32 Å². The fourth-order valence-corrected chi connectivity index (χ4v) is 1.58. The molecule has 15 heavy (non-hydrogen) atoms. The average molecular weight is 270 g/mol. The Bertz CT molecular complexity index is 321. The van der Waals surface area contributed by atoms with Gasteiger partial charge in [0, 0.05) is 10.0 Å². The third-order valence-electron chi connectivity index (χ3n) is 2.22. The molecule has 1 aromatic rings. The molecule has 1 unspecified atom stereocenters. The van der Waals surface area contributed by atoms with Crippen LogP contribution in [0.3, 0.4) is 0 Å². The number of carbonyl (C=O) groups is 1. The first-order chi connectivity index (χ1) is 7.15. The van der Waals surface area contributed by atoms with Gasteiger partial charge < -0.3 is 5.32 Å². The van der Waals surface area contributed by atoms with Gasteiger partial charge in [-0.25, -0.2) is 0 Å². The van der Waals surface area contributed by atoms with Gasteiger partial charge in [-0.15, -0.1) is 0 Å². The molecule has 1 rings (SSSR count). The molecule has 0 amide bonds. The lowest BCUT2D eigenvalue weighted by atomic mass is 10.1. The number of Topliss-reactive ketones (excluding diaryl/α,β-unsaturated/α-hetero) is 1. The second-order valence-electron chi connectivity index (χ2n) is 3.55. The lowest BCUT2D eigenvalue weighted by Crippen LogP contribution is -2.34. The second kappa shape index (κ2) is 6.03. The van der Waals surface area contributed by atoms with Crippen molar-refractivity contribution in [3.63, 3.8) is 0 Å². The minimum atomic E-state index is -0.105. The highest BCUT2D eigenvalue weighted by Crippen LogP contribution is 2.11. The Hall–Kier alpha value is -0.670. The van der Waals surface area contributed by atoms with E-state index in [4.69, 9.17) is 0 Å². The van der Waals surface area contributed by atoms with E-state index in [1.807, 2.05) is 31.2 Å². The van der Waals surface area contributed by atoms with E-state index in [1.165, 1.54) is 0 Å². The Morgan fingerprint density at radius 1 is 1.40 bits per heavy atom. The molecule has 0 aliphatic rings. The number of nitrogens with one attached hydrogen (secondary N) is 1. The van der Waals surface area contributed by atoms with Gasteiger partial charge in [0.2, 0.25) is 0 Å². The predicted octanol–water partition coefficient (Wildman–Crippen LogP) is 3.02. The molecule has 0 aromatic heterocycles. The summed E-state index contributed by atoms with van der Waals surface area (Å²) in [5.41, 5.74) is 0.759. The van der Waals surface area contributed by atoms with Crippen molar-refractivity contribution in [3.05, 3.63) is 34.3 Å². The molecule has 3 heteroatoms. The highest BCUT2D eigenvalue weighted by Gasteiger charge is 2.13. The van der Waals surface area contributed by atoms with Crippen molar-refractivity contribution in [2.24, 2.45) is 0 Å². The average Bonchev–Trinajstić information content (AvgIpc) is 2.26. The van der Waals surface area contributed by atoms with Crippen molar-refractivity contribution in [2.75, 3.05) is 6.54 Å². The molecule has 0 spiro atoms. The first-order valence-corrected chi connectivity index (χ1v) is 5.97. The second-order valence-corrected chi connectivity index (χ2v) is 4.46. The van der Waals surface area contributed by atoms with Crippen molar-refractivity contribution >= 4 is 21.7 Å². The number of hydrogen-bond acceptors (Lipinski definition) is 2. The summed E-state index contributed by atoms with van der Waals surface area (Å²) in [4.78, 5) is 11.9. The maximum Gasteiger partial charge on any atom is 0.179 e. The van der Waals surface area contributed by atoms with Gasteiger partial charge in [0.25, 0.3) is 0 Å². The molecular formula is C12H16BrNO. The normalized spacial score (nSPS) is 12.5. The van der Waals surface area contributed by atoms with Crippen molar-refractivity contribution in [1.29, 1.82) is 0 Å². The molecule has 0 bridgehead atoms. The lowest BCUT2D eigenvalue weighted by molar-refractivity contribution is 0.0951. The molecule has 0 aliphatic carbocycles. The number of benzene rings is 1. The summed E-state index contributed by atoms with van der Waals surface area (Å²) in [6.07, 6.45) is 1.04. The van der Waals surface area contributed by atoms with Crippen LogP contribution in [0.4, 0.5) is 0 Å². The number of halogens is 1. The smallest absolute Gasteiger partial charge is 0.179 e. The zero-order valence-electron chi connectivity index (χ0n) is 9.09. The summed E-state index contributed by atoms with van der Waals surface area (Å²) < 4.78 is 0.994. The van der Waals surface area contributed by atoms with Gasteiger partial charge in [0.05, 0.1) is 6.04 Å². The van der Waals surface area contributed by atoms with E-state index in [-0.39, 0.29) is 11.8 Å². The number of hydrogen-bond donors (Lipinski definition) is 1. The largest absolute Gasteiger partial charge is 0.307 e. The van der Waals surface area contributed by atoms with E-state index in [1.54, 1.807) is 0 Å². The highest BCUT2D eigenvalue weighted by atomic mass is 79.9. The Kier molecular flexibility index (Phi) is 4.99. The number of ketones is 1. The molecule has 0 heterocycles. The number of rotatable bonds is 5. The zero-order valence-corrected chi connectivity index (χ0v) is 10.7. The fourth-order valence-electron chi connectivity index (χ4n) is 1.32. The van der Waals surface area contributed by atoms with Crippen LogP contribution in [0.5, 0.6) is 0 Å². The summed E-state index contributed by atoms with van der Waals surface area (Å²) in [7, 11) is 0. The Morgan fingerprint density at radius 3 is 2.53 bits per heavy atom. The van der Waals surface area contributed by atoms with E-state index >= 15 is 0 Å². The Balaban J connectivity index is 2.63. The summed E-state index contributed by atoms with van der Waals surface area (Å²) in [6.45, 7) is 4.87. The van der Waals surface area contributed by atoms with E-state index < -0.39 is 0 Å². The van der Waals surface area contributed by atoms with Crippen LogP contribution in [0.2, 0.25) is 0 Å². The fraction of sp³-hybridized carbons (Fsp3) is 0.417. The van der Waals surface area contributed by atoms with Crippen LogP contribution in [0.1, 0.15) is 30.6 Å². The lowest BCUT2D eigenvalue weighted by Gasteiger charge is -2.11. The summed E-state index contributed by atoms with van der Waals surface area (Å²) >= 11 is 3.35. The molecule has 0 aliphatic heterocycles. The predicted molar refractivity (Wildman–Crippen MR) is 66.2 cm³/mol. The van der Waals surface area contributed by atoms with Crippen LogP contribution in [0, 0.1) is 0 Å². The quantitative estimate of drug-likeness (QED) is 0.833. The van der Waals surface area contributed by atoms with Crippen molar-refractivity contribution < 1.29 is 4.79 Å². The Labute approximate surface area is 99.2 Å². The molecule has 0 fully saturated rings. The highest BCUT2D eigenvalue weighted by molar-refractivity contribution is 9.10. The molecule has 2 nitrogen and oxygen atoms in total. The topological polar surface area (TPSA) is 29.1 Å². The van der Waals surface area contributed by atoms with Gasteiger partial charge in [0.1, 0.15) is 0 Å². The molecule has 1 atom stereocenters. The van der Waals surface area contributed by atoms with Gasteiger partial charge in [-0.05, 0) is 32.0 Å². The van der Waals surface area contributed by atoms with E-state index in [0.29, 0.717) is 0 Å². The van der Waals surface area contributed by atoms with E-state index in [2.05, 4.69) is 28.2 Å². The zero-order chi connectivity index (χ0) is 11.3. The van der Waals surface area contributed by atoms with Gasteiger partial charge in [-0.1, -0.05) is 35.0 Å². The monoisotopic (exact) mass is 269 g/mol. The molecular weight excluding hydrogens is 254 g/mol. The van der Waals surface area contributed by atoms with Crippen molar-refractivity contribution in [2.45, 2.75) is 26.3 Å². The first kappa shape index (κ1) is 12.4. The van der Waals surface area contributed by atoms with Crippen LogP contribution in [0.15, 0.2) is 28.7 Å². The molecule has 82 valence electrons. The van der Waals surface area contributed by atoms with Crippen molar-refractivity contribution in [3.8, 4) is 0 Å². The molecule has 1 N–H and O–H groups in total. The minimum absolute atomic E-state index is 0.105. The van der Waals surface area contributed by atoms with Crippen LogP contribution in [-0.2, 0) is 0 Å². The maximum atomic E-state index is 11.9. The molecule has 1 aromatic carbocycles. The van der Waals surface area contributed by atoms with Gasteiger partial charge >= 0.3 is 0 Å². The molecule has 0 saturated heterocycles. The maximum absolute atomic E-state index is 11.9. The van der Waals surface area contributed by atoms with Gasteiger partial charge in [0.15, 0.2) is 5.78 Å². The van der Waals surface area contributed by atoms with Crippen LogP contribution in [0.25, 0.3) is 0 Å². The van der Waals surface area contributed by atoms with E-state index in [0.717, 1.165) is 23.0 Å². The standard InChI is InChI=1S/C12H16BrNO/c1-3-8-14-9(2)12(15)10-4-6-11(13)7-5-10/h4-7,9,14H,3,8H2,1-2H3. The summed E-state index contributed by atoms with van der Waals surface area (Å²) in [5.74, 6) is 0.149. The van der Waals surface area contributed by atoms with Crippen LogP contribution in [-0.4, -0.2) is 18.4 Å². The summed E-state index contributed by atoms with van der Waals surface area (Å²) in [5, 5.41) is 3.18. The van der Waals surface area contributed by atoms with Crippen LogP contribution >= 0.6 is 15.9 Å². The first-order valence-electron chi connectivity index (χ1n) is 5.18. The molecule has 0 saturated carbocycles. The Morgan fingerprint density at radius 2 is 2.00 bits per heavy atom. The summed E-state index contributed by atoms with van der Waals surface area (Å²) in [6, 6.07) is 7.36. The van der Waals surface area contributed by atoms with Crippen LogP contribution < -0.4 is 5.32 Å². The number of carbonyl (C=O) groups excluding carboxylic acids is 1. The van der Waals surface area contributed by atoms with E-state index in [9.17, 15) is 4.79 Å². The third kappa shape index (κ3) is 3.76. The van der Waals surface area contributed by atoms with Gasteiger partial charge in [-0.2, -0.15) is 0 Å². The SMILES string of the molecule is CCCNC(C)C(=O)c1ccc(Br)cc1. The minimum Gasteiger partial charge on any atom is -0.307 e. The molecule has 0 radical (unpaired) electrons. The van der Waals surface area contributed by atoms with Gasteiger partial charge in [-0.3, -0.25) is 4.79 Å². The third-order valence-corrected chi connectivity index (χ3v) is 2.75.